The first-order chi connectivity index (χ1) is 18.0. The van der Waals surface area contributed by atoms with Crippen LogP contribution >= 0.6 is 0 Å². The molecule has 198 valence electrons. The van der Waals surface area contributed by atoms with Gasteiger partial charge in [0.05, 0.1) is 12.5 Å². The van der Waals surface area contributed by atoms with Crippen molar-refractivity contribution in [1.82, 2.24) is 0 Å². The van der Waals surface area contributed by atoms with Gasteiger partial charge in [-0.05, 0) is 55.5 Å². The summed E-state index contributed by atoms with van der Waals surface area (Å²) in [5.41, 5.74) is 9.96. The van der Waals surface area contributed by atoms with Gasteiger partial charge >= 0.3 is 0 Å². The third kappa shape index (κ3) is 5.52. The number of carbonyl (C=O) groups is 2. The maximum Gasteiger partial charge on any atom is 0.262 e. The number of nitriles is 1. The number of rotatable bonds is 7. The van der Waals surface area contributed by atoms with Crippen molar-refractivity contribution in [3.05, 3.63) is 75.9 Å². The average molecular weight is 516 g/mol. The van der Waals surface area contributed by atoms with E-state index >= 15 is 0 Å². The highest BCUT2D eigenvalue weighted by atomic mass is 16.5. The molecule has 2 aromatic carbocycles. The first-order valence-corrected chi connectivity index (χ1v) is 12.6. The summed E-state index contributed by atoms with van der Waals surface area (Å²) in [6, 6.07) is 13.1. The van der Waals surface area contributed by atoms with Crippen LogP contribution in [0, 0.1) is 30.6 Å². The summed E-state index contributed by atoms with van der Waals surface area (Å²) in [6.07, 6.45) is 0.887. The highest BCUT2D eigenvalue weighted by Gasteiger charge is 2.43. The maximum atomic E-state index is 13.2. The number of anilines is 1. The lowest BCUT2D eigenvalue weighted by Crippen LogP contribution is -2.33. The predicted octanol–water partition coefficient (Wildman–Crippen LogP) is 5.17. The maximum absolute atomic E-state index is 13.2. The number of ether oxygens (including phenoxy) is 3. The van der Waals surface area contributed by atoms with Gasteiger partial charge in [0.15, 0.2) is 23.9 Å². The van der Waals surface area contributed by atoms with Gasteiger partial charge in [-0.15, -0.1) is 0 Å². The number of hydrogen-bond acceptors (Lipinski definition) is 7. The van der Waals surface area contributed by atoms with Crippen LogP contribution in [-0.2, 0) is 14.3 Å². The molecule has 0 aromatic heterocycles. The van der Waals surface area contributed by atoms with Gasteiger partial charge in [-0.25, -0.2) is 0 Å². The van der Waals surface area contributed by atoms with Crippen molar-refractivity contribution in [2.24, 2.45) is 11.1 Å². The largest absolute Gasteiger partial charge is 0.490 e. The fourth-order valence-corrected chi connectivity index (χ4v) is 4.99. The Hall–Kier alpha value is -4.25. The Morgan fingerprint density at radius 2 is 1.92 bits per heavy atom. The van der Waals surface area contributed by atoms with Gasteiger partial charge in [0.2, 0.25) is 5.88 Å². The number of Topliss-reactive ketones (excluding diaryl/α,β-unsaturated/α-hetero) is 1. The molecule has 2 aromatic rings. The summed E-state index contributed by atoms with van der Waals surface area (Å²) in [6.45, 7) is 9.90. The SMILES string of the molecule is CCOc1cc(C2C(C#N)=C(N)OC3=C2C(=O)CC(C)(C)C3)ccc1OCC(=O)Nc1ccc(C)cc1C. The molecule has 1 amide bonds. The minimum Gasteiger partial charge on any atom is -0.490 e. The van der Waals surface area contributed by atoms with Gasteiger partial charge in [0.1, 0.15) is 17.4 Å². The summed E-state index contributed by atoms with van der Waals surface area (Å²) in [7, 11) is 0. The highest BCUT2D eigenvalue weighted by molar-refractivity contribution is 6.00. The lowest BCUT2D eigenvalue weighted by molar-refractivity contribution is -0.119. The lowest BCUT2D eigenvalue weighted by atomic mass is 9.70. The molecule has 1 atom stereocenters. The normalized spacial score (nSPS) is 18.3. The Balaban J connectivity index is 1.61. The Morgan fingerprint density at radius 3 is 2.61 bits per heavy atom. The smallest absolute Gasteiger partial charge is 0.262 e. The van der Waals surface area contributed by atoms with E-state index in [4.69, 9.17) is 19.9 Å². The topological polar surface area (TPSA) is 124 Å². The van der Waals surface area contributed by atoms with Crippen LogP contribution < -0.4 is 20.5 Å². The molecule has 1 unspecified atom stereocenters. The molecular weight excluding hydrogens is 482 g/mol. The number of hydrogen-bond donors (Lipinski definition) is 2. The molecule has 38 heavy (non-hydrogen) atoms. The number of ketones is 1. The molecule has 1 aliphatic carbocycles. The van der Waals surface area contributed by atoms with Crippen molar-refractivity contribution in [3.8, 4) is 17.6 Å². The molecule has 0 radical (unpaired) electrons. The fraction of sp³-hybridized carbons (Fsp3) is 0.367. The monoisotopic (exact) mass is 515 g/mol. The first-order valence-electron chi connectivity index (χ1n) is 12.6. The molecule has 0 bridgehead atoms. The number of carbonyl (C=O) groups excluding carboxylic acids is 2. The van der Waals surface area contributed by atoms with E-state index in [9.17, 15) is 14.9 Å². The lowest BCUT2D eigenvalue weighted by Gasteiger charge is -2.37. The summed E-state index contributed by atoms with van der Waals surface area (Å²) < 4.78 is 17.4. The van der Waals surface area contributed by atoms with Crippen molar-refractivity contribution >= 4 is 17.4 Å². The molecule has 0 saturated heterocycles. The second kappa shape index (κ2) is 10.6. The van der Waals surface area contributed by atoms with Gasteiger partial charge in [0, 0.05) is 24.1 Å². The van der Waals surface area contributed by atoms with Crippen LogP contribution in [0.5, 0.6) is 11.5 Å². The third-order valence-electron chi connectivity index (χ3n) is 6.69. The van der Waals surface area contributed by atoms with E-state index in [-0.39, 0.29) is 35.2 Å². The highest BCUT2D eigenvalue weighted by Crippen LogP contribution is 2.48. The van der Waals surface area contributed by atoms with Gasteiger partial charge in [-0.3, -0.25) is 9.59 Å². The number of allylic oxidation sites excluding steroid dienone is 3. The molecule has 1 heterocycles. The second-order valence-corrected chi connectivity index (χ2v) is 10.5. The fourth-order valence-electron chi connectivity index (χ4n) is 4.99. The summed E-state index contributed by atoms with van der Waals surface area (Å²) >= 11 is 0. The molecule has 8 heteroatoms. The van der Waals surface area contributed by atoms with E-state index in [0.29, 0.717) is 47.8 Å². The zero-order chi connectivity index (χ0) is 27.6. The molecule has 0 saturated carbocycles. The number of benzene rings is 2. The minimum absolute atomic E-state index is 0.00288. The van der Waals surface area contributed by atoms with E-state index in [1.807, 2.05) is 52.8 Å². The number of amides is 1. The second-order valence-electron chi connectivity index (χ2n) is 10.5. The van der Waals surface area contributed by atoms with Crippen LogP contribution in [0.3, 0.4) is 0 Å². The van der Waals surface area contributed by atoms with Crippen molar-refractivity contribution in [2.75, 3.05) is 18.5 Å². The average Bonchev–Trinajstić information content (AvgIpc) is 2.83. The van der Waals surface area contributed by atoms with E-state index in [0.717, 1.165) is 16.8 Å². The van der Waals surface area contributed by atoms with Crippen molar-refractivity contribution < 1.29 is 23.8 Å². The summed E-state index contributed by atoms with van der Waals surface area (Å²) in [5.74, 6) is 0.241. The van der Waals surface area contributed by atoms with Crippen molar-refractivity contribution in [3.63, 3.8) is 0 Å². The number of nitrogens with zero attached hydrogens (tertiary/aromatic N) is 1. The summed E-state index contributed by atoms with van der Waals surface area (Å²) in [5, 5.41) is 12.8. The molecule has 3 N–H and O–H groups in total. The number of nitrogens with one attached hydrogen (secondary N) is 1. The van der Waals surface area contributed by atoms with Crippen LogP contribution in [0.4, 0.5) is 5.69 Å². The van der Waals surface area contributed by atoms with Gasteiger partial charge in [0.25, 0.3) is 5.91 Å². The standard InChI is InChI=1S/C30H33N3O5/c1-6-36-24-12-19(8-10-23(24)37-16-26(35)33-21-9-7-17(2)11-18(21)3)27-20(15-31)29(32)38-25-14-30(4,5)13-22(34)28(25)27/h7-12,27H,6,13-14,16,32H2,1-5H3,(H,33,35). The predicted molar refractivity (Wildman–Crippen MR) is 143 cm³/mol. The van der Waals surface area contributed by atoms with E-state index < -0.39 is 5.92 Å². The Bertz CT molecular complexity index is 1400. The Kier molecular flexibility index (Phi) is 7.49. The number of nitrogens with two attached hydrogens (primary N) is 1. The molecule has 4 rings (SSSR count). The van der Waals surface area contributed by atoms with E-state index in [1.165, 1.54) is 0 Å². The van der Waals surface area contributed by atoms with Crippen LogP contribution in [-0.4, -0.2) is 24.9 Å². The van der Waals surface area contributed by atoms with Crippen molar-refractivity contribution in [2.45, 2.75) is 53.4 Å². The molecule has 0 spiro atoms. The van der Waals surface area contributed by atoms with Crippen LogP contribution in [0.2, 0.25) is 0 Å². The van der Waals surface area contributed by atoms with Crippen LogP contribution in [0.1, 0.15) is 56.2 Å². The summed E-state index contributed by atoms with van der Waals surface area (Å²) in [4.78, 5) is 25.8. The van der Waals surface area contributed by atoms with Crippen LogP contribution in [0.15, 0.2) is 59.2 Å². The van der Waals surface area contributed by atoms with Gasteiger partial charge < -0.3 is 25.3 Å². The Morgan fingerprint density at radius 1 is 1.16 bits per heavy atom. The third-order valence-corrected chi connectivity index (χ3v) is 6.69. The molecular formula is C30H33N3O5. The molecule has 2 aliphatic rings. The molecule has 8 nitrogen and oxygen atoms in total. The van der Waals surface area contributed by atoms with Crippen LogP contribution in [0.25, 0.3) is 0 Å². The Labute approximate surface area is 223 Å². The van der Waals surface area contributed by atoms with E-state index in [2.05, 4.69) is 11.4 Å². The van der Waals surface area contributed by atoms with Gasteiger partial charge in [-0.1, -0.05) is 37.6 Å². The zero-order valence-electron chi connectivity index (χ0n) is 22.4. The van der Waals surface area contributed by atoms with Gasteiger partial charge in [-0.2, -0.15) is 5.26 Å². The zero-order valence-corrected chi connectivity index (χ0v) is 22.4. The quantitative estimate of drug-likeness (QED) is 0.521. The molecule has 0 fully saturated rings. The molecule has 1 aliphatic heterocycles. The number of aryl methyl sites for hydroxylation is 2. The van der Waals surface area contributed by atoms with E-state index in [1.54, 1.807) is 18.2 Å². The minimum atomic E-state index is -0.673. The first kappa shape index (κ1) is 26.8. The van der Waals surface area contributed by atoms with Crippen molar-refractivity contribution in [1.29, 1.82) is 5.26 Å².